The summed E-state index contributed by atoms with van der Waals surface area (Å²) in [6.45, 7) is 0.483. The minimum Gasteiger partial charge on any atom is -0.477 e. The van der Waals surface area contributed by atoms with E-state index in [9.17, 15) is 19.5 Å². The molecule has 0 saturated carbocycles. The van der Waals surface area contributed by atoms with E-state index < -0.39 is 17.9 Å². The lowest BCUT2D eigenvalue weighted by molar-refractivity contribution is -0.687. The molecule has 8 nitrogen and oxygen atoms in total. The zero-order valence-corrected chi connectivity index (χ0v) is 15.2. The zero-order valence-electron chi connectivity index (χ0n) is 13.6. The van der Waals surface area contributed by atoms with Crippen molar-refractivity contribution >= 4 is 42.0 Å². The Morgan fingerprint density at radius 3 is 2.62 bits per heavy atom. The van der Waals surface area contributed by atoms with E-state index in [-0.39, 0.29) is 29.4 Å². The van der Waals surface area contributed by atoms with Gasteiger partial charge in [-0.1, -0.05) is 6.08 Å². The Balaban J connectivity index is 0.00000243. The molecule has 1 aromatic rings. The van der Waals surface area contributed by atoms with Gasteiger partial charge in [-0.25, -0.2) is 9.36 Å². The van der Waals surface area contributed by atoms with Crippen LogP contribution in [-0.4, -0.2) is 45.0 Å². The van der Waals surface area contributed by atoms with Crippen LogP contribution in [0, 0.1) is 0 Å². The van der Waals surface area contributed by atoms with E-state index in [4.69, 9.17) is 11.5 Å². The second-order valence-corrected chi connectivity index (χ2v) is 6.77. The quantitative estimate of drug-likeness (QED) is 0.459. The number of pyridine rings is 1. The van der Waals surface area contributed by atoms with Crippen molar-refractivity contribution in [2.75, 3.05) is 5.75 Å². The lowest BCUT2D eigenvalue weighted by Gasteiger charge is -2.47. The molecule has 2 aliphatic heterocycles. The second kappa shape index (κ2) is 7.90. The molecule has 138 valence electrons. The van der Waals surface area contributed by atoms with Crippen LogP contribution in [0.25, 0.3) is 0 Å². The van der Waals surface area contributed by atoms with Crippen molar-refractivity contribution in [3.05, 3.63) is 53.5 Å². The van der Waals surface area contributed by atoms with Crippen molar-refractivity contribution in [1.82, 2.24) is 4.90 Å². The Morgan fingerprint density at radius 1 is 1.38 bits per heavy atom. The first kappa shape index (κ1) is 20.0. The molecule has 1 unspecified atom stereocenters. The summed E-state index contributed by atoms with van der Waals surface area (Å²) in [5.74, 6) is -1.52. The number of aliphatic carboxylic acids is 1. The van der Waals surface area contributed by atoms with Gasteiger partial charge in [-0.05, 0) is 11.6 Å². The third kappa shape index (κ3) is 3.59. The first-order chi connectivity index (χ1) is 11.9. The molecular formula is C16H18ClN4O4S+. The van der Waals surface area contributed by atoms with Gasteiger partial charge < -0.3 is 16.6 Å². The lowest BCUT2D eigenvalue weighted by Crippen LogP contribution is -2.68. The van der Waals surface area contributed by atoms with Crippen molar-refractivity contribution < 1.29 is 24.1 Å². The van der Waals surface area contributed by atoms with Gasteiger partial charge in [-0.15, -0.1) is 24.2 Å². The number of allylic oxidation sites excluding steroid dienone is 2. The van der Waals surface area contributed by atoms with Gasteiger partial charge in [0.25, 0.3) is 0 Å². The molecule has 10 heteroatoms. The highest BCUT2D eigenvalue weighted by Gasteiger charge is 2.51. The fourth-order valence-corrected chi connectivity index (χ4v) is 3.99. The Bertz CT molecular complexity index is 809. The summed E-state index contributed by atoms with van der Waals surface area (Å²) < 4.78 is 1.81. The van der Waals surface area contributed by atoms with Crippen LogP contribution in [0.1, 0.15) is 10.4 Å². The summed E-state index contributed by atoms with van der Waals surface area (Å²) in [6.07, 6.45) is 6.92. The van der Waals surface area contributed by atoms with Gasteiger partial charge in [0.05, 0.1) is 5.56 Å². The Kier molecular flexibility index (Phi) is 6.06. The Morgan fingerprint density at radius 2 is 2.04 bits per heavy atom. The van der Waals surface area contributed by atoms with Gasteiger partial charge in [0.2, 0.25) is 11.8 Å². The van der Waals surface area contributed by atoms with E-state index in [1.165, 1.54) is 16.7 Å². The molecule has 2 amide bonds. The van der Waals surface area contributed by atoms with Gasteiger partial charge in [-0.2, -0.15) is 0 Å². The SMILES string of the molecule is Cl.NC(=O)c1cc[n+](C/C=C/C2=C(C(=O)O)N3C(=O)C(N)[C@@H]3SC2)cc1. The normalized spacial score (nSPS) is 21.9. The first-order valence-electron chi connectivity index (χ1n) is 7.52. The van der Waals surface area contributed by atoms with E-state index in [0.29, 0.717) is 23.4 Å². The zero-order chi connectivity index (χ0) is 18.1. The smallest absolute Gasteiger partial charge is 0.352 e. The predicted octanol–water partition coefficient (Wildman–Crippen LogP) is -0.368. The number of carbonyl (C=O) groups excluding carboxylic acids is 2. The summed E-state index contributed by atoms with van der Waals surface area (Å²) in [5, 5.41) is 9.15. The molecule has 1 aromatic heterocycles. The van der Waals surface area contributed by atoms with Crippen molar-refractivity contribution in [1.29, 1.82) is 0 Å². The van der Waals surface area contributed by atoms with E-state index in [1.807, 2.05) is 4.57 Å². The maximum atomic E-state index is 11.9. The van der Waals surface area contributed by atoms with E-state index in [1.54, 1.807) is 36.7 Å². The molecule has 1 fully saturated rings. The second-order valence-electron chi connectivity index (χ2n) is 5.66. The van der Waals surface area contributed by atoms with Crippen LogP contribution in [0.2, 0.25) is 0 Å². The van der Waals surface area contributed by atoms with Crippen LogP contribution in [0.5, 0.6) is 0 Å². The Hall–Kier alpha value is -2.36. The standard InChI is InChI=1S/C16H16N4O4S.ClH/c17-11-14(22)20-12(16(23)24)10(8-25-15(11)20)2-1-5-19-6-3-9(4-7-19)13(18)21;/h1-4,6-7,11,15H,5,8,17H2,(H2-,18,21,23,24);1H/p+1/b2-1+;/t11?,15-;/m0./s1. The molecule has 0 aliphatic carbocycles. The number of nitrogens with zero attached hydrogens (tertiary/aromatic N) is 2. The molecule has 1 saturated heterocycles. The van der Waals surface area contributed by atoms with E-state index in [0.717, 1.165) is 0 Å². The van der Waals surface area contributed by atoms with Crippen molar-refractivity contribution in [2.45, 2.75) is 18.0 Å². The van der Waals surface area contributed by atoms with Crippen LogP contribution in [0.3, 0.4) is 0 Å². The summed E-state index contributed by atoms with van der Waals surface area (Å²) in [4.78, 5) is 35.7. The number of thioether (sulfide) groups is 1. The van der Waals surface area contributed by atoms with Gasteiger partial charge >= 0.3 is 5.97 Å². The molecular weight excluding hydrogens is 380 g/mol. The highest BCUT2D eigenvalue weighted by atomic mass is 35.5. The first-order valence-corrected chi connectivity index (χ1v) is 8.57. The van der Waals surface area contributed by atoms with Crippen LogP contribution < -0.4 is 16.0 Å². The number of amides is 2. The highest BCUT2D eigenvalue weighted by molar-refractivity contribution is 8.00. The van der Waals surface area contributed by atoms with Gasteiger partial charge in [0.1, 0.15) is 17.1 Å². The number of carbonyl (C=O) groups is 3. The van der Waals surface area contributed by atoms with Gasteiger partial charge in [0, 0.05) is 17.9 Å². The maximum Gasteiger partial charge on any atom is 0.352 e. The molecule has 0 bridgehead atoms. The minimum atomic E-state index is -1.14. The number of nitrogens with two attached hydrogens (primary N) is 2. The number of carboxylic acids is 1. The molecule has 0 spiro atoms. The number of β-lactam (4-membered cyclic amide) rings is 1. The van der Waals surface area contributed by atoms with Crippen LogP contribution in [0.4, 0.5) is 0 Å². The number of hydrogen-bond acceptors (Lipinski definition) is 5. The number of rotatable bonds is 5. The van der Waals surface area contributed by atoms with E-state index in [2.05, 4.69) is 0 Å². The lowest BCUT2D eigenvalue weighted by atomic mass is 10.0. The third-order valence-corrected chi connectivity index (χ3v) is 5.38. The van der Waals surface area contributed by atoms with Crippen LogP contribution in [-0.2, 0) is 16.1 Å². The number of aromatic nitrogens is 1. The van der Waals surface area contributed by atoms with Crippen molar-refractivity contribution in [3.8, 4) is 0 Å². The van der Waals surface area contributed by atoms with Crippen molar-refractivity contribution in [3.63, 3.8) is 0 Å². The van der Waals surface area contributed by atoms with Gasteiger partial charge in [-0.3, -0.25) is 14.5 Å². The molecule has 3 rings (SSSR count). The number of carboxylic acid groups (broad SMARTS) is 1. The largest absolute Gasteiger partial charge is 0.477 e. The molecule has 3 heterocycles. The number of fused-ring (bicyclic) bond motifs is 1. The monoisotopic (exact) mass is 397 g/mol. The summed E-state index contributed by atoms with van der Waals surface area (Å²) in [5.41, 5.74) is 11.9. The third-order valence-electron chi connectivity index (χ3n) is 4.05. The summed E-state index contributed by atoms with van der Waals surface area (Å²) >= 11 is 1.45. The molecule has 0 radical (unpaired) electrons. The predicted molar refractivity (Wildman–Crippen MR) is 97.3 cm³/mol. The average Bonchev–Trinajstić information content (AvgIpc) is 2.60. The number of halogens is 1. The minimum absolute atomic E-state index is 0. The molecule has 0 aromatic carbocycles. The molecule has 2 atom stereocenters. The average molecular weight is 398 g/mol. The van der Waals surface area contributed by atoms with Crippen LogP contribution in [0.15, 0.2) is 47.9 Å². The fourth-order valence-electron chi connectivity index (χ4n) is 2.73. The Labute approximate surface area is 159 Å². The summed E-state index contributed by atoms with van der Waals surface area (Å²) in [7, 11) is 0. The highest BCUT2D eigenvalue weighted by Crippen LogP contribution is 2.39. The van der Waals surface area contributed by atoms with Crippen LogP contribution >= 0.6 is 24.2 Å². The van der Waals surface area contributed by atoms with Crippen molar-refractivity contribution in [2.24, 2.45) is 11.5 Å². The molecule has 5 N–H and O–H groups in total. The van der Waals surface area contributed by atoms with Gasteiger partial charge in [0.15, 0.2) is 18.9 Å². The number of primary amides is 1. The molecule has 2 aliphatic rings. The fraction of sp³-hybridized carbons (Fsp3) is 0.250. The molecule has 26 heavy (non-hydrogen) atoms. The van der Waals surface area contributed by atoms with E-state index >= 15 is 0 Å². The summed E-state index contributed by atoms with van der Waals surface area (Å²) in [6, 6.07) is 2.59. The number of hydrogen-bond donors (Lipinski definition) is 3. The maximum absolute atomic E-state index is 11.9. The topological polar surface area (TPSA) is 131 Å².